The summed E-state index contributed by atoms with van der Waals surface area (Å²) in [5.74, 6) is 2.37. The second-order valence-corrected chi connectivity index (χ2v) is 6.60. The van der Waals surface area contributed by atoms with Gasteiger partial charge in [-0.15, -0.1) is 0 Å². The van der Waals surface area contributed by atoms with Crippen LogP contribution in [0.25, 0.3) is 0 Å². The second kappa shape index (κ2) is 3.73. The minimum absolute atomic E-state index is 0.402. The van der Waals surface area contributed by atoms with Crippen molar-refractivity contribution in [3.8, 4) is 0 Å². The summed E-state index contributed by atoms with van der Waals surface area (Å²) >= 11 is 0. The standard InChI is InChI=1S/C13H24N2O/c1-8-9-6-11(13(8,2)3)10(7-15(4)5)12(9)14-16/h8-11,16H,6-7H2,1-5H3/p+1/b14-12-/t8-,9+,10-,11+/m1/s1. The minimum atomic E-state index is 0.402. The van der Waals surface area contributed by atoms with Crippen molar-refractivity contribution in [2.45, 2.75) is 27.2 Å². The lowest BCUT2D eigenvalue weighted by Gasteiger charge is -2.40. The van der Waals surface area contributed by atoms with Gasteiger partial charge in [0.25, 0.3) is 0 Å². The van der Waals surface area contributed by atoms with Crippen molar-refractivity contribution in [3.63, 3.8) is 0 Å². The van der Waals surface area contributed by atoms with Gasteiger partial charge < -0.3 is 10.1 Å². The molecule has 2 aliphatic carbocycles. The first kappa shape index (κ1) is 11.9. The summed E-state index contributed by atoms with van der Waals surface area (Å²) in [6.45, 7) is 8.17. The zero-order chi connectivity index (χ0) is 12.1. The quantitative estimate of drug-likeness (QED) is 0.531. The average Bonchev–Trinajstić information content (AvgIpc) is 2.63. The van der Waals surface area contributed by atoms with E-state index < -0.39 is 0 Å². The predicted octanol–water partition coefficient (Wildman–Crippen LogP) is 0.889. The Bertz CT molecular complexity index is 309. The van der Waals surface area contributed by atoms with E-state index in [0.717, 1.165) is 12.3 Å². The van der Waals surface area contributed by atoms with Crippen LogP contribution in [-0.2, 0) is 0 Å². The predicted molar refractivity (Wildman–Crippen MR) is 64.9 cm³/mol. The van der Waals surface area contributed by atoms with Gasteiger partial charge in [0.2, 0.25) is 0 Å². The van der Waals surface area contributed by atoms with E-state index in [1.807, 2.05) is 0 Å². The lowest BCUT2D eigenvalue weighted by atomic mass is 9.64. The molecule has 0 aromatic heterocycles. The van der Waals surface area contributed by atoms with E-state index in [0.29, 0.717) is 29.1 Å². The van der Waals surface area contributed by atoms with Crippen molar-refractivity contribution in [3.05, 3.63) is 0 Å². The highest BCUT2D eigenvalue weighted by molar-refractivity contribution is 5.92. The number of nitrogens with zero attached hydrogens (tertiary/aromatic N) is 1. The molecule has 2 saturated carbocycles. The van der Waals surface area contributed by atoms with E-state index in [4.69, 9.17) is 0 Å². The first-order valence-corrected chi connectivity index (χ1v) is 6.40. The maximum Gasteiger partial charge on any atom is 0.0852 e. The van der Waals surface area contributed by atoms with Gasteiger partial charge in [-0.05, 0) is 23.7 Å². The molecule has 2 aliphatic rings. The molecule has 0 aromatic rings. The van der Waals surface area contributed by atoms with Crippen molar-refractivity contribution in [1.29, 1.82) is 0 Å². The molecular weight excluding hydrogens is 200 g/mol. The maximum atomic E-state index is 9.24. The van der Waals surface area contributed by atoms with Crippen LogP contribution in [0.5, 0.6) is 0 Å². The Morgan fingerprint density at radius 1 is 1.44 bits per heavy atom. The van der Waals surface area contributed by atoms with Gasteiger partial charge in [-0.25, -0.2) is 0 Å². The number of quaternary nitrogens is 1. The molecule has 0 aromatic carbocycles. The topological polar surface area (TPSA) is 37.0 Å². The molecule has 0 radical (unpaired) electrons. The molecular formula is C13H25N2O+. The lowest BCUT2D eigenvalue weighted by molar-refractivity contribution is -0.861. The van der Waals surface area contributed by atoms with E-state index in [1.165, 1.54) is 11.3 Å². The number of hydrogen-bond donors (Lipinski definition) is 2. The van der Waals surface area contributed by atoms with E-state index in [9.17, 15) is 5.21 Å². The van der Waals surface area contributed by atoms with Crippen LogP contribution in [0.2, 0.25) is 0 Å². The first-order valence-electron chi connectivity index (χ1n) is 6.40. The molecule has 0 unspecified atom stereocenters. The third-order valence-corrected chi connectivity index (χ3v) is 5.23. The Morgan fingerprint density at radius 2 is 2.06 bits per heavy atom. The van der Waals surface area contributed by atoms with Gasteiger partial charge in [-0.3, -0.25) is 0 Å². The van der Waals surface area contributed by atoms with Crippen molar-refractivity contribution >= 4 is 5.71 Å². The molecule has 2 bridgehead atoms. The van der Waals surface area contributed by atoms with Crippen LogP contribution in [0.15, 0.2) is 5.16 Å². The molecule has 0 heterocycles. The van der Waals surface area contributed by atoms with Crippen LogP contribution >= 0.6 is 0 Å². The van der Waals surface area contributed by atoms with Crippen molar-refractivity contribution in [2.75, 3.05) is 20.6 Å². The molecule has 2 rings (SSSR count). The Labute approximate surface area is 98.5 Å². The highest BCUT2D eigenvalue weighted by atomic mass is 16.4. The van der Waals surface area contributed by atoms with Gasteiger partial charge in [0.05, 0.1) is 32.3 Å². The van der Waals surface area contributed by atoms with Crippen molar-refractivity contribution < 1.29 is 10.1 Å². The van der Waals surface area contributed by atoms with Gasteiger partial charge in [-0.2, -0.15) is 0 Å². The fourth-order valence-corrected chi connectivity index (χ4v) is 4.01. The molecule has 16 heavy (non-hydrogen) atoms. The fourth-order valence-electron chi connectivity index (χ4n) is 4.01. The summed E-state index contributed by atoms with van der Waals surface area (Å²) in [7, 11) is 4.36. The summed E-state index contributed by atoms with van der Waals surface area (Å²) in [5.41, 5.74) is 1.48. The van der Waals surface area contributed by atoms with Crippen LogP contribution in [-0.4, -0.2) is 31.6 Å². The molecule has 92 valence electrons. The summed E-state index contributed by atoms with van der Waals surface area (Å²) in [4.78, 5) is 1.45. The zero-order valence-corrected chi connectivity index (χ0v) is 11.1. The lowest BCUT2D eigenvalue weighted by Crippen LogP contribution is -3.06. The molecule has 3 nitrogen and oxygen atoms in total. The Balaban J connectivity index is 2.27. The molecule has 2 N–H and O–H groups in total. The normalized spacial score (nSPS) is 43.5. The highest BCUT2D eigenvalue weighted by Crippen LogP contribution is 2.59. The van der Waals surface area contributed by atoms with Crippen molar-refractivity contribution in [2.24, 2.45) is 34.2 Å². The van der Waals surface area contributed by atoms with Crippen LogP contribution in [0.1, 0.15) is 27.2 Å². The Morgan fingerprint density at radius 3 is 2.56 bits per heavy atom. The van der Waals surface area contributed by atoms with Gasteiger partial charge >= 0.3 is 0 Å². The van der Waals surface area contributed by atoms with Crippen molar-refractivity contribution in [1.82, 2.24) is 0 Å². The average molecular weight is 225 g/mol. The van der Waals surface area contributed by atoms with E-state index in [2.05, 4.69) is 40.0 Å². The fraction of sp³-hybridized carbons (Fsp3) is 0.923. The van der Waals surface area contributed by atoms with Gasteiger partial charge in [0.1, 0.15) is 0 Å². The summed E-state index contributed by atoms with van der Waals surface area (Å²) in [6.07, 6.45) is 1.23. The van der Waals surface area contributed by atoms with Gasteiger partial charge in [-0.1, -0.05) is 25.9 Å². The molecule has 2 fully saturated rings. The minimum Gasteiger partial charge on any atom is -0.411 e. The largest absolute Gasteiger partial charge is 0.411 e. The monoisotopic (exact) mass is 225 g/mol. The summed E-state index contributed by atoms with van der Waals surface area (Å²) in [6, 6.07) is 0. The molecule has 0 spiro atoms. The van der Waals surface area contributed by atoms with E-state index >= 15 is 0 Å². The van der Waals surface area contributed by atoms with Crippen LogP contribution in [0.4, 0.5) is 0 Å². The molecule has 4 atom stereocenters. The highest BCUT2D eigenvalue weighted by Gasteiger charge is 2.59. The number of oxime groups is 1. The number of rotatable bonds is 2. The number of fused-ring (bicyclic) bond motifs is 2. The molecule has 0 saturated heterocycles. The maximum absolute atomic E-state index is 9.24. The molecule has 0 amide bonds. The van der Waals surface area contributed by atoms with Crippen LogP contribution in [0, 0.1) is 29.1 Å². The van der Waals surface area contributed by atoms with Gasteiger partial charge in [0, 0.05) is 5.92 Å². The molecule has 0 aliphatic heterocycles. The van der Waals surface area contributed by atoms with Crippen LogP contribution < -0.4 is 4.90 Å². The Kier molecular flexibility index (Phi) is 2.77. The Hall–Kier alpha value is -0.570. The van der Waals surface area contributed by atoms with Gasteiger partial charge in [0.15, 0.2) is 0 Å². The summed E-state index contributed by atoms with van der Waals surface area (Å²) in [5, 5.41) is 12.9. The first-order chi connectivity index (χ1) is 7.39. The van der Waals surface area contributed by atoms with E-state index in [-0.39, 0.29) is 0 Å². The zero-order valence-electron chi connectivity index (χ0n) is 11.1. The molecule has 3 heteroatoms. The SMILES string of the molecule is C[C@@H]1[C@@H]2C[C@@H]([C@@H](C[NH+](C)C)/C2=N\O)C1(C)C. The smallest absolute Gasteiger partial charge is 0.0852 e. The van der Waals surface area contributed by atoms with E-state index in [1.54, 1.807) is 0 Å². The van der Waals surface area contributed by atoms with Crippen LogP contribution in [0.3, 0.4) is 0 Å². The second-order valence-electron chi connectivity index (χ2n) is 6.60. The third-order valence-electron chi connectivity index (χ3n) is 5.23. The third kappa shape index (κ3) is 1.48. The number of nitrogens with one attached hydrogen (secondary N) is 1. The summed E-state index contributed by atoms with van der Waals surface area (Å²) < 4.78 is 0. The number of hydrogen-bond acceptors (Lipinski definition) is 2.